The number of rotatable bonds is 3. The Morgan fingerprint density at radius 1 is 1.11 bits per heavy atom. The zero-order valence-corrected chi connectivity index (χ0v) is 15.9. The molecule has 2 aliphatic heterocycles. The minimum absolute atomic E-state index is 0.0462. The highest BCUT2D eigenvalue weighted by Gasteiger charge is 2.33. The number of carbonyl (C=O) groups excluding carboxylic acids is 2. The molecule has 0 N–H and O–H groups in total. The van der Waals surface area contributed by atoms with Gasteiger partial charge in [0.25, 0.3) is 0 Å². The molecule has 0 radical (unpaired) electrons. The van der Waals surface area contributed by atoms with Crippen LogP contribution in [0.3, 0.4) is 0 Å². The summed E-state index contributed by atoms with van der Waals surface area (Å²) in [5.41, 5.74) is 1.72. The smallest absolute Gasteiger partial charge is 0.227 e. The van der Waals surface area contributed by atoms with Crippen molar-refractivity contribution in [3.8, 4) is 0 Å². The molecule has 4 rings (SSSR count). The molecule has 0 spiro atoms. The van der Waals surface area contributed by atoms with Gasteiger partial charge in [0.15, 0.2) is 11.5 Å². The summed E-state index contributed by atoms with van der Waals surface area (Å²) in [6, 6.07) is 7.83. The molecular weight excluding hydrogens is 342 g/mol. The van der Waals surface area contributed by atoms with Crippen molar-refractivity contribution >= 4 is 22.9 Å². The highest BCUT2D eigenvalue weighted by atomic mass is 16.3. The highest BCUT2D eigenvalue weighted by Crippen LogP contribution is 2.31. The predicted octanol–water partition coefficient (Wildman–Crippen LogP) is 3.18. The Bertz CT molecular complexity index is 790. The fraction of sp³-hybridized carbons (Fsp3) is 0.571. The van der Waals surface area contributed by atoms with E-state index in [2.05, 4.69) is 4.98 Å². The van der Waals surface area contributed by atoms with Gasteiger partial charge >= 0.3 is 0 Å². The van der Waals surface area contributed by atoms with Crippen molar-refractivity contribution in [3.05, 3.63) is 30.2 Å². The first-order chi connectivity index (χ1) is 13.2. The van der Waals surface area contributed by atoms with Crippen LogP contribution in [-0.2, 0) is 9.59 Å². The Kier molecular flexibility index (Phi) is 5.14. The van der Waals surface area contributed by atoms with E-state index in [-0.39, 0.29) is 23.7 Å². The molecule has 3 heterocycles. The van der Waals surface area contributed by atoms with E-state index >= 15 is 0 Å². The maximum absolute atomic E-state index is 12.9. The molecule has 2 aromatic rings. The Morgan fingerprint density at radius 3 is 2.63 bits per heavy atom. The van der Waals surface area contributed by atoms with E-state index in [1.807, 2.05) is 41.0 Å². The summed E-state index contributed by atoms with van der Waals surface area (Å²) in [7, 11) is 0. The molecule has 0 aliphatic carbocycles. The normalized spacial score (nSPS) is 21.6. The molecule has 1 aromatic carbocycles. The van der Waals surface area contributed by atoms with E-state index in [4.69, 9.17) is 4.42 Å². The van der Waals surface area contributed by atoms with E-state index in [1.165, 1.54) is 0 Å². The van der Waals surface area contributed by atoms with Crippen LogP contribution < -0.4 is 0 Å². The van der Waals surface area contributed by atoms with Gasteiger partial charge in [-0.1, -0.05) is 19.1 Å². The van der Waals surface area contributed by atoms with Gasteiger partial charge in [-0.15, -0.1) is 0 Å². The van der Waals surface area contributed by atoms with Crippen LogP contribution in [0.1, 0.15) is 50.8 Å². The number of hydrogen-bond acceptors (Lipinski definition) is 4. The van der Waals surface area contributed by atoms with Gasteiger partial charge in [-0.05, 0) is 37.8 Å². The molecule has 1 aromatic heterocycles. The van der Waals surface area contributed by atoms with Crippen LogP contribution in [0.4, 0.5) is 0 Å². The first-order valence-corrected chi connectivity index (χ1v) is 10.1. The standard InChI is InChI=1S/C21H27N3O3/c1-2-19(25)24-11-5-6-16(14-24)21(26)23-12-9-15(10-13-23)20-22-17-7-3-4-8-18(17)27-20/h3-4,7-8,15-16H,2,5-6,9-14H2,1H3. The van der Waals surface area contributed by atoms with Gasteiger partial charge in [0.2, 0.25) is 11.8 Å². The summed E-state index contributed by atoms with van der Waals surface area (Å²) in [6.07, 6.45) is 4.07. The molecule has 6 nitrogen and oxygen atoms in total. The number of aromatic nitrogens is 1. The Balaban J connectivity index is 1.35. The van der Waals surface area contributed by atoms with Crippen LogP contribution >= 0.6 is 0 Å². The second kappa shape index (κ2) is 7.71. The maximum atomic E-state index is 12.9. The van der Waals surface area contributed by atoms with Crippen molar-refractivity contribution in [1.29, 1.82) is 0 Å². The van der Waals surface area contributed by atoms with Gasteiger partial charge in [-0.25, -0.2) is 4.98 Å². The lowest BCUT2D eigenvalue weighted by atomic mass is 9.92. The van der Waals surface area contributed by atoms with E-state index in [0.29, 0.717) is 13.0 Å². The molecule has 2 saturated heterocycles. The lowest BCUT2D eigenvalue weighted by Gasteiger charge is -2.37. The fourth-order valence-corrected chi connectivity index (χ4v) is 4.30. The average Bonchev–Trinajstić information content (AvgIpc) is 3.17. The van der Waals surface area contributed by atoms with Crippen molar-refractivity contribution in [2.75, 3.05) is 26.2 Å². The number of oxazole rings is 1. The Hall–Kier alpha value is -2.37. The third-order valence-corrected chi connectivity index (χ3v) is 5.89. The fourth-order valence-electron chi connectivity index (χ4n) is 4.30. The highest BCUT2D eigenvalue weighted by molar-refractivity contribution is 5.81. The molecule has 0 saturated carbocycles. The van der Waals surface area contributed by atoms with Crippen LogP contribution in [0.2, 0.25) is 0 Å². The number of nitrogens with zero attached hydrogens (tertiary/aromatic N) is 3. The number of likely N-dealkylation sites (tertiary alicyclic amines) is 2. The largest absolute Gasteiger partial charge is 0.440 e. The molecule has 144 valence electrons. The second-order valence-electron chi connectivity index (χ2n) is 7.65. The molecule has 2 fully saturated rings. The molecule has 0 bridgehead atoms. The molecule has 2 amide bonds. The molecule has 6 heteroatoms. The van der Waals surface area contributed by atoms with Gasteiger partial charge in [0, 0.05) is 38.5 Å². The van der Waals surface area contributed by atoms with Gasteiger partial charge in [-0.2, -0.15) is 0 Å². The number of amides is 2. The predicted molar refractivity (Wildman–Crippen MR) is 102 cm³/mol. The van der Waals surface area contributed by atoms with Crippen LogP contribution in [0.15, 0.2) is 28.7 Å². The molecule has 27 heavy (non-hydrogen) atoms. The summed E-state index contributed by atoms with van der Waals surface area (Å²) in [4.78, 5) is 33.4. The van der Waals surface area contributed by atoms with E-state index in [9.17, 15) is 9.59 Å². The van der Waals surface area contributed by atoms with E-state index < -0.39 is 0 Å². The maximum Gasteiger partial charge on any atom is 0.227 e. The quantitative estimate of drug-likeness (QED) is 0.833. The van der Waals surface area contributed by atoms with Crippen LogP contribution in [0.25, 0.3) is 11.1 Å². The third kappa shape index (κ3) is 3.70. The van der Waals surface area contributed by atoms with Crippen molar-refractivity contribution in [1.82, 2.24) is 14.8 Å². The monoisotopic (exact) mass is 369 g/mol. The lowest BCUT2D eigenvalue weighted by molar-refractivity contribution is -0.141. The zero-order valence-electron chi connectivity index (χ0n) is 15.9. The SMILES string of the molecule is CCC(=O)N1CCCC(C(=O)N2CCC(c3nc4ccccc4o3)CC2)C1. The zero-order chi connectivity index (χ0) is 18.8. The van der Waals surface area contributed by atoms with Gasteiger partial charge in [-0.3, -0.25) is 9.59 Å². The summed E-state index contributed by atoms with van der Waals surface area (Å²) in [5.74, 6) is 1.38. The number of fused-ring (bicyclic) bond motifs is 1. The second-order valence-corrected chi connectivity index (χ2v) is 7.65. The number of carbonyl (C=O) groups is 2. The van der Waals surface area contributed by atoms with E-state index in [0.717, 1.165) is 62.3 Å². The lowest BCUT2D eigenvalue weighted by Crippen LogP contribution is -2.48. The number of benzene rings is 1. The minimum atomic E-state index is -0.0462. The van der Waals surface area contributed by atoms with Gasteiger partial charge < -0.3 is 14.2 Å². The van der Waals surface area contributed by atoms with Gasteiger partial charge in [0.05, 0.1) is 5.92 Å². The molecular formula is C21H27N3O3. The van der Waals surface area contributed by atoms with Gasteiger partial charge in [0.1, 0.15) is 5.52 Å². The average molecular weight is 369 g/mol. The minimum Gasteiger partial charge on any atom is -0.440 e. The summed E-state index contributed by atoms with van der Waals surface area (Å²) in [6.45, 7) is 4.72. The molecule has 2 aliphatic rings. The van der Waals surface area contributed by atoms with Crippen LogP contribution in [-0.4, -0.2) is 52.8 Å². The number of piperidine rings is 2. The van der Waals surface area contributed by atoms with Crippen LogP contribution in [0.5, 0.6) is 0 Å². The van der Waals surface area contributed by atoms with Crippen molar-refractivity contribution in [2.45, 2.75) is 44.9 Å². The van der Waals surface area contributed by atoms with E-state index in [1.54, 1.807) is 0 Å². The third-order valence-electron chi connectivity index (χ3n) is 5.89. The topological polar surface area (TPSA) is 66.7 Å². The van der Waals surface area contributed by atoms with Crippen molar-refractivity contribution < 1.29 is 14.0 Å². The summed E-state index contributed by atoms with van der Waals surface area (Å²) in [5, 5.41) is 0. The number of para-hydroxylation sites is 2. The summed E-state index contributed by atoms with van der Waals surface area (Å²) < 4.78 is 5.91. The Morgan fingerprint density at radius 2 is 1.89 bits per heavy atom. The first kappa shape index (κ1) is 18.0. The van der Waals surface area contributed by atoms with Crippen LogP contribution in [0, 0.1) is 5.92 Å². The number of hydrogen-bond donors (Lipinski definition) is 0. The Labute approximate surface area is 159 Å². The van der Waals surface area contributed by atoms with Crippen molar-refractivity contribution in [3.63, 3.8) is 0 Å². The molecule has 1 unspecified atom stereocenters. The van der Waals surface area contributed by atoms with Crippen molar-refractivity contribution in [2.24, 2.45) is 5.92 Å². The molecule has 1 atom stereocenters. The summed E-state index contributed by atoms with van der Waals surface area (Å²) >= 11 is 0. The first-order valence-electron chi connectivity index (χ1n) is 10.1.